The molecule has 0 radical (unpaired) electrons. The summed E-state index contributed by atoms with van der Waals surface area (Å²) in [5, 5.41) is 10.4. The van der Waals surface area contributed by atoms with Crippen LogP contribution >= 0.6 is 0 Å². The second kappa shape index (κ2) is 18.1. The van der Waals surface area contributed by atoms with Gasteiger partial charge in [-0.25, -0.2) is 0 Å². The SMILES string of the molecule is CC(CCCCC(C)CCCC(C)CCC1C(C)C(O)CCC1(C)C)CCCC(C)CCC1C(C)CCCC1(C)C. The van der Waals surface area contributed by atoms with Crippen molar-refractivity contribution >= 4 is 0 Å². The van der Waals surface area contributed by atoms with Gasteiger partial charge in [0.25, 0.3) is 0 Å². The first kappa shape index (κ1) is 37.1. The molecule has 2 fully saturated rings. The molecule has 2 saturated carbocycles. The fourth-order valence-electron chi connectivity index (χ4n) is 9.43. The average Bonchev–Trinajstić information content (AvgIpc) is 2.88. The summed E-state index contributed by atoms with van der Waals surface area (Å²) in [6.07, 6.45) is 26.3. The lowest BCUT2D eigenvalue weighted by Crippen LogP contribution is -2.41. The summed E-state index contributed by atoms with van der Waals surface area (Å²) in [6.45, 7) is 24.8. The van der Waals surface area contributed by atoms with Crippen molar-refractivity contribution in [3.63, 3.8) is 0 Å². The van der Waals surface area contributed by atoms with E-state index in [0.717, 1.165) is 41.9 Å². The first-order chi connectivity index (χ1) is 19.2. The van der Waals surface area contributed by atoms with Crippen LogP contribution in [0.4, 0.5) is 0 Å². The molecule has 0 amide bonds. The lowest BCUT2D eigenvalue weighted by Gasteiger charge is -2.46. The number of hydrogen-bond donors (Lipinski definition) is 1. The Labute approximate surface area is 260 Å². The fraction of sp³-hybridized carbons (Fsp3) is 1.00. The molecular formula is C40H78O. The summed E-state index contributed by atoms with van der Waals surface area (Å²) < 4.78 is 0. The molecule has 0 saturated heterocycles. The van der Waals surface area contributed by atoms with E-state index in [-0.39, 0.29) is 6.10 Å². The maximum atomic E-state index is 10.4. The summed E-state index contributed by atoms with van der Waals surface area (Å²) in [5.41, 5.74) is 0.964. The van der Waals surface area contributed by atoms with Crippen molar-refractivity contribution in [1.29, 1.82) is 0 Å². The summed E-state index contributed by atoms with van der Waals surface area (Å²) >= 11 is 0. The predicted molar refractivity (Wildman–Crippen MR) is 183 cm³/mol. The Kier molecular flexibility index (Phi) is 16.4. The molecule has 244 valence electrons. The van der Waals surface area contributed by atoms with Gasteiger partial charge in [0.05, 0.1) is 6.10 Å². The van der Waals surface area contributed by atoms with E-state index in [1.807, 2.05) is 0 Å². The molecule has 0 spiro atoms. The summed E-state index contributed by atoms with van der Waals surface area (Å²) in [4.78, 5) is 0. The fourth-order valence-corrected chi connectivity index (χ4v) is 9.43. The monoisotopic (exact) mass is 575 g/mol. The third-order valence-electron chi connectivity index (χ3n) is 12.9. The minimum absolute atomic E-state index is 0.0753. The van der Waals surface area contributed by atoms with E-state index in [1.54, 1.807) is 0 Å². The molecule has 0 heterocycles. The van der Waals surface area contributed by atoms with Gasteiger partial charge in [0.15, 0.2) is 0 Å². The minimum atomic E-state index is -0.0753. The Balaban J connectivity index is 1.47. The molecule has 9 unspecified atom stereocenters. The smallest absolute Gasteiger partial charge is 0.0568 e. The van der Waals surface area contributed by atoms with Crippen LogP contribution in [0.5, 0.6) is 0 Å². The number of aliphatic hydroxyl groups excluding tert-OH is 1. The normalized spacial score (nSPS) is 31.0. The second-order valence-corrected chi connectivity index (χ2v) is 17.7. The van der Waals surface area contributed by atoms with E-state index < -0.39 is 0 Å². The summed E-state index contributed by atoms with van der Waals surface area (Å²) in [7, 11) is 0. The Morgan fingerprint density at radius 1 is 0.561 bits per heavy atom. The van der Waals surface area contributed by atoms with Crippen LogP contribution in [0, 0.1) is 58.2 Å². The van der Waals surface area contributed by atoms with Crippen molar-refractivity contribution in [1.82, 2.24) is 0 Å². The van der Waals surface area contributed by atoms with E-state index >= 15 is 0 Å². The Morgan fingerprint density at radius 3 is 1.46 bits per heavy atom. The van der Waals surface area contributed by atoms with E-state index in [9.17, 15) is 5.11 Å². The molecule has 0 aromatic heterocycles. The van der Waals surface area contributed by atoms with E-state index in [1.165, 1.54) is 116 Å². The van der Waals surface area contributed by atoms with Crippen molar-refractivity contribution in [3.05, 3.63) is 0 Å². The quantitative estimate of drug-likeness (QED) is 0.152. The molecule has 0 aromatic rings. The number of unbranched alkanes of at least 4 members (excludes halogenated alkanes) is 1. The van der Waals surface area contributed by atoms with Gasteiger partial charge in [-0.1, -0.05) is 159 Å². The Morgan fingerprint density at radius 2 is 0.976 bits per heavy atom. The van der Waals surface area contributed by atoms with Crippen molar-refractivity contribution in [3.8, 4) is 0 Å². The predicted octanol–water partition coefficient (Wildman–Crippen LogP) is 12.9. The van der Waals surface area contributed by atoms with Crippen molar-refractivity contribution in [2.24, 2.45) is 58.2 Å². The third kappa shape index (κ3) is 13.2. The minimum Gasteiger partial charge on any atom is -0.393 e. The van der Waals surface area contributed by atoms with Gasteiger partial charge in [-0.05, 0) is 90.3 Å². The first-order valence-corrected chi connectivity index (χ1v) is 18.9. The number of rotatable bonds is 19. The molecular weight excluding hydrogens is 496 g/mol. The highest BCUT2D eigenvalue weighted by Gasteiger charge is 2.40. The molecule has 2 aliphatic rings. The molecule has 41 heavy (non-hydrogen) atoms. The Bertz CT molecular complexity index is 678. The molecule has 1 heteroatoms. The first-order valence-electron chi connectivity index (χ1n) is 18.9. The van der Waals surface area contributed by atoms with E-state index in [2.05, 4.69) is 69.2 Å². The number of aliphatic hydroxyl groups is 1. The molecule has 2 aliphatic carbocycles. The number of hydrogen-bond acceptors (Lipinski definition) is 1. The van der Waals surface area contributed by atoms with Gasteiger partial charge in [-0.3, -0.25) is 0 Å². The van der Waals surface area contributed by atoms with Crippen LogP contribution in [-0.2, 0) is 0 Å². The zero-order valence-corrected chi connectivity index (χ0v) is 30.1. The molecule has 0 aliphatic heterocycles. The molecule has 9 atom stereocenters. The van der Waals surface area contributed by atoms with Gasteiger partial charge >= 0.3 is 0 Å². The second-order valence-electron chi connectivity index (χ2n) is 17.7. The van der Waals surface area contributed by atoms with Crippen LogP contribution < -0.4 is 0 Å². The van der Waals surface area contributed by atoms with Gasteiger partial charge in [0.1, 0.15) is 0 Å². The zero-order chi connectivity index (χ0) is 30.6. The maximum absolute atomic E-state index is 10.4. The molecule has 0 bridgehead atoms. The van der Waals surface area contributed by atoms with E-state index in [4.69, 9.17) is 0 Å². The van der Waals surface area contributed by atoms with Crippen LogP contribution in [0.15, 0.2) is 0 Å². The van der Waals surface area contributed by atoms with Crippen molar-refractivity contribution in [2.75, 3.05) is 0 Å². The van der Waals surface area contributed by atoms with Gasteiger partial charge in [0.2, 0.25) is 0 Å². The van der Waals surface area contributed by atoms with Crippen LogP contribution in [0.25, 0.3) is 0 Å². The summed E-state index contributed by atoms with van der Waals surface area (Å²) in [5.74, 6) is 6.56. The third-order valence-corrected chi connectivity index (χ3v) is 12.9. The van der Waals surface area contributed by atoms with Gasteiger partial charge in [-0.2, -0.15) is 0 Å². The van der Waals surface area contributed by atoms with Crippen LogP contribution in [0.2, 0.25) is 0 Å². The zero-order valence-electron chi connectivity index (χ0n) is 30.1. The van der Waals surface area contributed by atoms with Crippen LogP contribution in [-0.4, -0.2) is 11.2 Å². The Hall–Kier alpha value is -0.0400. The molecule has 1 nitrogen and oxygen atoms in total. The average molecular weight is 575 g/mol. The lowest BCUT2D eigenvalue weighted by atomic mass is 9.61. The largest absolute Gasteiger partial charge is 0.393 e. The van der Waals surface area contributed by atoms with Crippen LogP contribution in [0.1, 0.15) is 191 Å². The summed E-state index contributed by atoms with van der Waals surface area (Å²) in [6, 6.07) is 0. The van der Waals surface area contributed by atoms with Gasteiger partial charge < -0.3 is 5.11 Å². The molecule has 1 N–H and O–H groups in total. The highest BCUT2D eigenvalue weighted by Crippen LogP contribution is 2.47. The van der Waals surface area contributed by atoms with Crippen molar-refractivity contribution in [2.45, 2.75) is 197 Å². The van der Waals surface area contributed by atoms with Crippen molar-refractivity contribution < 1.29 is 5.11 Å². The molecule has 2 rings (SSSR count). The topological polar surface area (TPSA) is 20.2 Å². The highest BCUT2D eigenvalue weighted by molar-refractivity contribution is 4.91. The van der Waals surface area contributed by atoms with E-state index in [0.29, 0.717) is 22.7 Å². The highest BCUT2D eigenvalue weighted by atomic mass is 16.3. The van der Waals surface area contributed by atoms with Gasteiger partial charge in [-0.15, -0.1) is 0 Å². The standard InChI is InChI=1S/C40H78O/c1-30(18-13-20-32(3)23-25-36-34(5)22-15-28-39(36,7)8)16-11-12-17-31(2)19-14-21-33(4)24-26-37-35(6)38(41)27-29-40(37,9)10/h30-38,41H,11-29H2,1-10H3. The van der Waals surface area contributed by atoms with Gasteiger partial charge in [0, 0.05) is 0 Å². The lowest BCUT2D eigenvalue weighted by molar-refractivity contribution is -0.0305. The van der Waals surface area contributed by atoms with Crippen LogP contribution in [0.3, 0.4) is 0 Å². The molecule has 0 aromatic carbocycles. The maximum Gasteiger partial charge on any atom is 0.0568 e.